The molecule has 0 saturated heterocycles. The van der Waals surface area contributed by atoms with Crippen molar-refractivity contribution in [2.24, 2.45) is 7.05 Å². The molecule has 1 aromatic carbocycles. The lowest BCUT2D eigenvalue weighted by Gasteiger charge is -2.17. The number of aromatic nitrogens is 1. The number of hydrogen-bond acceptors (Lipinski definition) is 0. The Kier molecular flexibility index (Phi) is 1.14. The Labute approximate surface area is 127 Å². The Morgan fingerprint density at radius 2 is 1.89 bits per heavy atom. The molecule has 2 aromatic rings. The molecule has 0 aliphatic heterocycles. The fraction of sp³-hybridized carbons (Fsp3) is 0.353. The minimum absolute atomic E-state index is 0.0855. The van der Waals surface area contributed by atoms with Gasteiger partial charge >= 0.3 is 0 Å². The third-order valence-corrected chi connectivity index (χ3v) is 2.70. The highest BCUT2D eigenvalue weighted by atomic mass is 14.9. The van der Waals surface area contributed by atoms with Crippen molar-refractivity contribution in [3.8, 4) is 11.3 Å². The molecule has 0 radical (unpaired) electrons. The van der Waals surface area contributed by atoms with E-state index in [1.54, 1.807) is 31.2 Å². The zero-order valence-electron chi connectivity index (χ0n) is 22.3. The molecule has 1 nitrogen and oxygen atoms in total. The Balaban J connectivity index is 3.13. The Bertz CT molecular complexity index is 903. The third kappa shape index (κ3) is 2.45. The standard InChI is InChI=1S/C17H22N/c1-13-8-6-7-9-15(13)16-11-10-14(12-18(16)5)17(2,3)4/h6-12H,1-5H3/q+1/i2D3,3D3,4D3,10D,11D,12D. The van der Waals surface area contributed by atoms with Gasteiger partial charge < -0.3 is 0 Å². The molecular formula is C17H22N+. The summed E-state index contributed by atoms with van der Waals surface area (Å²) in [5.41, 5.74) is -3.24. The van der Waals surface area contributed by atoms with Crippen LogP contribution < -0.4 is 4.57 Å². The third-order valence-electron chi connectivity index (χ3n) is 2.70. The Morgan fingerprint density at radius 3 is 2.56 bits per heavy atom. The first-order chi connectivity index (χ1) is 13.4. The van der Waals surface area contributed by atoms with Gasteiger partial charge in [-0.3, -0.25) is 0 Å². The highest BCUT2D eigenvalue weighted by Crippen LogP contribution is 2.24. The fourth-order valence-electron chi connectivity index (χ4n) is 1.72. The maximum Gasteiger partial charge on any atom is 0.212 e. The van der Waals surface area contributed by atoms with Gasteiger partial charge in [-0.15, -0.1) is 0 Å². The summed E-state index contributed by atoms with van der Waals surface area (Å²) in [7, 11) is 1.31. The van der Waals surface area contributed by atoms with Crippen LogP contribution in [0.25, 0.3) is 11.3 Å². The fourth-order valence-corrected chi connectivity index (χ4v) is 1.72. The first-order valence-corrected chi connectivity index (χ1v) is 5.47. The Morgan fingerprint density at radius 1 is 1.17 bits per heavy atom. The monoisotopic (exact) mass is 252 g/mol. The van der Waals surface area contributed by atoms with Crippen LogP contribution in [-0.2, 0) is 12.5 Å². The number of rotatable bonds is 1. The minimum Gasteiger partial charge on any atom is -0.201 e. The van der Waals surface area contributed by atoms with Gasteiger partial charge in [-0.05, 0) is 30.0 Å². The van der Waals surface area contributed by atoms with Crippen molar-refractivity contribution in [2.75, 3.05) is 0 Å². The van der Waals surface area contributed by atoms with Gasteiger partial charge in [0.1, 0.15) is 8.42 Å². The van der Waals surface area contributed by atoms with E-state index in [0.29, 0.717) is 11.1 Å². The molecule has 1 heteroatoms. The summed E-state index contributed by atoms with van der Waals surface area (Å²) >= 11 is 0. The average Bonchev–Trinajstić information content (AvgIpc) is 2.55. The smallest absolute Gasteiger partial charge is 0.201 e. The Hall–Kier alpha value is -1.63. The van der Waals surface area contributed by atoms with E-state index in [-0.39, 0.29) is 5.69 Å². The van der Waals surface area contributed by atoms with Gasteiger partial charge in [0.25, 0.3) is 0 Å². The molecule has 0 aliphatic carbocycles. The molecule has 94 valence electrons. The predicted molar refractivity (Wildman–Crippen MR) is 76.5 cm³/mol. The number of hydrogen-bond donors (Lipinski definition) is 0. The summed E-state index contributed by atoms with van der Waals surface area (Å²) in [5, 5.41) is 0. The number of benzene rings is 1. The quantitative estimate of drug-likeness (QED) is 0.680. The number of aryl methyl sites for hydroxylation is 1. The van der Waals surface area contributed by atoms with Crippen molar-refractivity contribution in [2.45, 2.75) is 32.9 Å². The van der Waals surface area contributed by atoms with Crippen molar-refractivity contribution >= 4 is 0 Å². The van der Waals surface area contributed by atoms with E-state index in [2.05, 4.69) is 0 Å². The molecule has 0 atom stereocenters. The van der Waals surface area contributed by atoms with Crippen molar-refractivity contribution in [3.05, 3.63) is 53.7 Å². The topological polar surface area (TPSA) is 3.88 Å². The first-order valence-electron chi connectivity index (χ1n) is 11.5. The molecule has 0 amide bonds. The SMILES string of the molecule is [2H]c1c([2H])c(-c2ccccc2C)[n+](C)c([2H])c1C(C([2H])([2H])[2H])(C([2H])([2H])[2H])C([2H])([2H])[2H]. The average molecular weight is 252 g/mol. The molecule has 1 heterocycles. The summed E-state index contributed by atoms with van der Waals surface area (Å²) in [5.74, 6) is 0. The molecule has 0 saturated carbocycles. The largest absolute Gasteiger partial charge is 0.212 e. The molecule has 0 bridgehead atoms. The van der Waals surface area contributed by atoms with Crippen LogP contribution in [0.3, 0.4) is 0 Å². The van der Waals surface area contributed by atoms with Crippen LogP contribution in [0.2, 0.25) is 0 Å². The van der Waals surface area contributed by atoms with Crippen LogP contribution in [0, 0.1) is 6.92 Å². The molecule has 2 rings (SSSR count). The number of nitrogens with zero attached hydrogens (tertiary/aromatic N) is 1. The van der Waals surface area contributed by atoms with E-state index >= 15 is 0 Å². The summed E-state index contributed by atoms with van der Waals surface area (Å²) < 4.78 is 97.1. The van der Waals surface area contributed by atoms with Gasteiger partial charge in [0.05, 0.1) is 2.74 Å². The van der Waals surface area contributed by atoms with Crippen LogP contribution in [0.15, 0.2) is 42.5 Å². The van der Waals surface area contributed by atoms with Gasteiger partial charge in [0.15, 0.2) is 6.17 Å². The molecule has 0 unspecified atom stereocenters. The van der Waals surface area contributed by atoms with E-state index in [4.69, 9.17) is 16.4 Å². The van der Waals surface area contributed by atoms with Gasteiger partial charge in [0, 0.05) is 29.5 Å². The zero-order chi connectivity index (χ0) is 23.4. The molecule has 0 aliphatic rings. The first kappa shape index (κ1) is 4.48. The van der Waals surface area contributed by atoms with Crippen LogP contribution in [0.4, 0.5) is 0 Å². The van der Waals surface area contributed by atoms with Crippen LogP contribution in [0.5, 0.6) is 0 Å². The summed E-state index contributed by atoms with van der Waals surface area (Å²) in [6.07, 6.45) is -0.752. The van der Waals surface area contributed by atoms with Gasteiger partial charge in [0.2, 0.25) is 5.69 Å². The zero-order valence-corrected chi connectivity index (χ0v) is 10.3. The lowest BCUT2D eigenvalue weighted by molar-refractivity contribution is -0.661. The number of pyridine rings is 1. The summed E-state index contributed by atoms with van der Waals surface area (Å²) in [6.45, 7) is -9.09. The normalized spacial score (nSPS) is 23.4. The van der Waals surface area contributed by atoms with Crippen molar-refractivity contribution in [3.63, 3.8) is 0 Å². The van der Waals surface area contributed by atoms with Crippen molar-refractivity contribution in [1.82, 2.24) is 0 Å². The van der Waals surface area contributed by atoms with E-state index in [9.17, 15) is 0 Å². The molecule has 0 spiro atoms. The molecule has 0 fully saturated rings. The van der Waals surface area contributed by atoms with Crippen LogP contribution in [-0.4, -0.2) is 0 Å². The highest BCUT2D eigenvalue weighted by Gasteiger charge is 2.19. The second-order valence-corrected chi connectivity index (χ2v) is 4.21. The van der Waals surface area contributed by atoms with Crippen molar-refractivity contribution in [1.29, 1.82) is 0 Å². The molecular weight excluding hydrogens is 218 g/mol. The maximum absolute atomic E-state index is 8.50. The molecule has 0 N–H and O–H groups in total. The van der Waals surface area contributed by atoms with Crippen LogP contribution >= 0.6 is 0 Å². The molecule has 18 heavy (non-hydrogen) atoms. The molecule has 1 aromatic heterocycles. The van der Waals surface area contributed by atoms with E-state index in [1.165, 1.54) is 7.05 Å². The van der Waals surface area contributed by atoms with E-state index in [0.717, 1.165) is 4.57 Å². The van der Waals surface area contributed by atoms with Gasteiger partial charge in [-0.2, -0.15) is 0 Å². The highest BCUT2D eigenvalue weighted by molar-refractivity contribution is 5.60. The van der Waals surface area contributed by atoms with E-state index in [1.807, 2.05) is 0 Å². The predicted octanol–water partition coefficient (Wildman–Crippen LogP) is 3.78. The second kappa shape index (κ2) is 4.56. The maximum atomic E-state index is 8.50. The van der Waals surface area contributed by atoms with Gasteiger partial charge in [-0.1, -0.05) is 38.8 Å². The summed E-state index contributed by atoms with van der Waals surface area (Å²) in [6, 6.07) is 5.36. The van der Waals surface area contributed by atoms with Gasteiger partial charge in [-0.25, -0.2) is 4.57 Å². The second-order valence-electron chi connectivity index (χ2n) is 4.21. The van der Waals surface area contributed by atoms with E-state index < -0.39 is 49.8 Å². The summed E-state index contributed by atoms with van der Waals surface area (Å²) in [4.78, 5) is 0. The van der Waals surface area contributed by atoms with Crippen molar-refractivity contribution < 1.29 is 21.0 Å². The van der Waals surface area contributed by atoms with Crippen LogP contribution in [0.1, 0.15) is 48.1 Å². The lowest BCUT2D eigenvalue weighted by atomic mass is 9.88. The minimum atomic E-state index is -3.61. The lowest BCUT2D eigenvalue weighted by Crippen LogP contribution is -2.33.